The third-order valence-corrected chi connectivity index (χ3v) is 9.23. The molecule has 3 nitrogen and oxygen atoms in total. The zero-order chi connectivity index (χ0) is 32.6. The first-order valence-corrected chi connectivity index (χ1v) is 16.6. The van der Waals surface area contributed by atoms with Crippen molar-refractivity contribution in [2.45, 2.75) is 0 Å². The fraction of sp³-hybridized carbons (Fsp3) is 0. The van der Waals surface area contributed by atoms with Gasteiger partial charge in [-0.25, -0.2) is 0 Å². The zero-order valence-corrected chi connectivity index (χ0v) is 26.8. The molecule has 49 heavy (non-hydrogen) atoms. The van der Waals surface area contributed by atoms with Gasteiger partial charge in [-0.1, -0.05) is 121 Å². The zero-order valence-electron chi connectivity index (χ0n) is 26.8. The first-order chi connectivity index (χ1) is 24.3. The molecule has 0 spiro atoms. The molecule has 0 saturated heterocycles. The topological polar surface area (TPSA) is 15.7 Å². The van der Waals surface area contributed by atoms with Crippen LogP contribution in [0.2, 0.25) is 0 Å². The van der Waals surface area contributed by atoms with Gasteiger partial charge in [-0.3, -0.25) is 0 Å². The van der Waals surface area contributed by atoms with E-state index in [-0.39, 0.29) is 0 Å². The lowest BCUT2D eigenvalue weighted by atomic mass is 9.92. The number of nitrogens with zero attached hydrogens (tertiary/aromatic N) is 2. The SMILES string of the molecule is c1ccc(-c2ccccc2N(c2ccccc2)c2ccc3c4c(cccc24)Oc2cc(N(c4ccccc4)c4ccccc4)ccc2-3)cc1. The van der Waals surface area contributed by atoms with Crippen molar-refractivity contribution in [2.75, 3.05) is 9.80 Å². The third kappa shape index (κ3) is 5.09. The third-order valence-electron chi connectivity index (χ3n) is 9.23. The van der Waals surface area contributed by atoms with Crippen molar-refractivity contribution in [3.8, 4) is 33.8 Å². The molecule has 1 aliphatic rings. The second kappa shape index (κ2) is 12.2. The van der Waals surface area contributed by atoms with Crippen molar-refractivity contribution in [1.29, 1.82) is 0 Å². The minimum absolute atomic E-state index is 0.844. The summed E-state index contributed by atoms with van der Waals surface area (Å²) in [5.74, 6) is 1.70. The van der Waals surface area contributed by atoms with E-state index >= 15 is 0 Å². The van der Waals surface area contributed by atoms with Crippen LogP contribution in [0.5, 0.6) is 11.5 Å². The van der Waals surface area contributed by atoms with E-state index in [4.69, 9.17) is 4.74 Å². The van der Waals surface area contributed by atoms with Crippen LogP contribution in [-0.2, 0) is 0 Å². The van der Waals surface area contributed by atoms with E-state index in [0.717, 1.165) is 67.5 Å². The van der Waals surface area contributed by atoms with E-state index in [1.54, 1.807) is 0 Å². The second-order valence-electron chi connectivity index (χ2n) is 12.2. The highest BCUT2D eigenvalue weighted by Gasteiger charge is 2.26. The lowest BCUT2D eigenvalue weighted by Gasteiger charge is -2.31. The highest BCUT2D eigenvalue weighted by atomic mass is 16.5. The summed E-state index contributed by atoms with van der Waals surface area (Å²) in [6, 6.07) is 68.3. The van der Waals surface area contributed by atoms with Gasteiger partial charge in [-0.05, 0) is 77.9 Å². The van der Waals surface area contributed by atoms with Crippen molar-refractivity contribution in [3.63, 3.8) is 0 Å². The number of para-hydroxylation sites is 4. The van der Waals surface area contributed by atoms with Crippen molar-refractivity contribution >= 4 is 44.9 Å². The molecule has 3 heteroatoms. The molecule has 0 radical (unpaired) electrons. The molecular formula is C46H32N2O. The summed E-state index contributed by atoms with van der Waals surface area (Å²) < 4.78 is 6.81. The minimum Gasteiger partial charge on any atom is -0.456 e. The maximum Gasteiger partial charge on any atom is 0.137 e. The average molecular weight is 629 g/mol. The van der Waals surface area contributed by atoms with Gasteiger partial charge < -0.3 is 14.5 Å². The summed E-state index contributed by atoms with van der Waals surface area (Å²) in [6.07, 6.45) is 0. The van der Waals surface area contributed by atoms with E-state index < -0.39 is 0 Å². The smallest absolute Gasteiger partial charge is 0.137 e. The van der Waals surface area contributed by atoms with Gasteiger partial charge in [0.1, 0.15) is 11.5 Å². The van der Waals surface area contributed by atoms with Crippen molar-refractivity contribution < 1.29 is 4.74 Å². The van der Waals surface area contributed by atoms with Gasteiger partial charge in [-0.2, -0.15) is 0 Å². The Hall–Kier alpha value is -6.58. The predicted octanol–water partition coefficient (Wildman–Crippen LogP) is 13.2. The summed E-state index contributed by atoms with van der Waals surface area (Å²) in [6.45, 7) is 0. The molecule has 8 aromatic carbocycles. The maximum absolute atomic E-state index is 6.81. The summed E-state index contributed by atoms with van der Waals surface area (Å²) in [4.78, 5) is 4.65. The van der Waals surface area contributed by atoms with Crippen LogP contribution in [0, 0.1) is 0 Å². The van der Waals surface area contributed by atoms with Crippen LogP contribution < -0.4 is 14.5 Å². The normalized spacial score (nSPS) is 11.4. The number of ether oxygens (including phenoxy) is 1. The Morgan fingerprint density at radius 3 is 1.57 bits per heavy atom. The second-order valence-corrected chi connectivity index (χ2v) is 12.2. The molecule has 1 aliphatic heterocycles. The van der Waals surface area contributed by atoms with Crippen LogP contribution in [0.1, 0.15) is 0 Å². The van der Waals surface area contributed by atoms with Crippen molar-refractivity contribution in [1.82, 2.24) is 0 Å². The van der Waals surface area contributed by atoms with E-state index in [1.807, 2.05) is 12.1 Å². The van der Waals surface area contributed by atoms with E-state index in [1.165, 1.54) is 11.1 Å². The van der Waals surface area contributed by atoms with Gasteiger partial charge in [0.15, 0.2) is 0 Å². The number of hydrogen-bond acceptors (Lipinski definition) is 3. The summed E-state index contributed by atoms with van der Waals surface area (Å²) in [7, 11) is 0. The van der Waals surface area contributed by atoms with Gasteiger partial charge in [0.2, 0.25) is 0 Å². The van der Waals surface area contributed by atoms with Crippen LogP contribution in [0.25, 0.3) is 33.0 Å². The lowest BCUT2D eigenvalue weighted by Crippen LogP contribution is -2.12. The lowest BCUT2D eigenvalue weighted by molar-refractivity contribution is 0.487. The van der Waals surface area contributed by atoms with Gasteiger partial charge >= 0.3 is 0 Å². The Labute approximate surface area is 286 Å². The van der Waals surface area contributed by atoms with Crippen molar-refractivity contribution in [2.24, 2.45) is 0 Å². The Balaban J connectivity index is 1.21. The Kier molecular flexibility index (Phi) is 7.14. The molecule has 0 atom stereocenters. The Bertz CT molecular complexity index is 2370. The van der Waals surface area contributed by atoms with E-state index in [9.17, 15) is 0 Å². The van der Waals surface area contributed by atoms with Gasteiger partial charge in [-0.15, -0.1) is 0 Å². The molecular weight excluding hydrogens is 597 g/mol. The monoisotopic (exact) mass is 628 g/mol. The Morgan fingerprint density at radius 2 is 0.898 bits per heavy atom. The average Bonchev–Trinajstić information content (AvgIpc) is 3.17. The summed E-state index contributed by atoms with van der Waals surface area (Å²) in [5.41, 5.74) is 11.1. The Morgan fingerprint density at radius 1 is 0.327 bits per heavy atom. The standard InChI is InChI=1S/C46H32N2O/c1-5-16-33(17-6-1)38-24-13-14-26-42(38)48(36-22-11-4-12-23-36)43-31-30-40-39-29-28-37(32-45(39)49-44-27-15-25-41(43)46(40)44)47(34-18-7-2-8-19-34)35-20-9-3-10-21-35/h1-32H. The number of fused-ring (bicyclic) bond motifs is 2. The van der Waals surface area contributed by atoms with E-state index in [0.29, 0.717) is 0 Å². The molecule has 0 unspecified atom stereocenters. The maximum atomic E-state index is 6.81. The van der Waals surface area contributed by atoms with Crippen LogP contribution in [-0.4, -0.2) is 0 Å². The molecule has 8 aromatic rings. The first-order valence-electron chi connectivity index (χ1n) is 16.6. The number of rotatable bonds is 7. The molecule has 0 amide bonds. The largest absolute Gasteiger partial charge is 0.456 e. The van der Waals surface area contributed by atoms with Crippen LogP contribution in [0.3, 0.4) is 0 Å². The van der Waals surface area contributed by atoms with E-state index in [2.05, 4.69) is 192 Å². The predicted molar refractivity (Wildman–Crippen MR) is 204 cm³/mol. The molecule has 0 fully saturated rings. The highest BCUT2D eigenvalue weighted by Crippen LogP contribution is 2.52. The molecule has 0 aliphatic carbocycles. The molecule has 232 valence electrons. The molecule has 0 N–H and O–H groups in total. The van der Waals surface area contributed by atoms with Crippen LogP contribution >= 0.6 is 0 Å². The molecule has 9 rings (SSSR count). The van der Waals surface area contributed by atoms with Gasteiger partial charge in [0.25, 0.3) is 0 Å². The van der Waals surface area contributed by atoms with Crippen LogP contribution in [0.15, 0.2) is 194 Å². The fourth-order valence-corrected chi connectivity index (χ4v) is 7.05. The molecule has 0 aromatic heterocycles. The van der Waals surface area contributed by atoms with Gasteiger partial charge in [0, 0.05) is 50.7 Å². The molecule has 0 bridgehead atoms. The highest BCUT2D eigenvalue weighted by molar-refractivity contribution is 6.11. The minimum atomic E-state index is 0.844. The van der Waals surface area contributed by atoms with Crippen molar-refractivity contribution in [3.05, 3.63) is 194 Å². The fourth-order valence-electron chi connectivity index (χ4n) is 7.05. The molecule has 0 saturated carbocycles. The number of anilines is 6. The summed E-state index contributed by atoms with van der Waals surface area (Å²) >= 11 is 0. The van der Waals surface area contributed by atoms with Gasteiger partial charge in [0.05, 0.1) is 11.4 Å². The quantitative estimate of drug-likeness (QED) is 0.175. The van der Waals surface area contributed by atoms with Crippen LogP contribution in [0.4, 0.5) is 34.1 Å². The molecule has 1 heterocycles. The summed E-state index contributed by atoms with van der Waals surface area (Å²) in [5, 5.41) is 2.24. The number of hydrogen-bond donors (Lipinski definition) is 0. The number of benzene rings is 8. The first kappa shape index (κ1) is 28.6.